The first-order valence-corrected chi connectivity index (χ1v) is 5.29. The Balaban J connectivity index is 2.90. The fourth-order valence-electron chi connectivity index (χ4n) is 1.18. The van der Waals surface area contributed by atoms with Crippen LogP contribution in [-0.4, -0.2) is 39.3 Å². The van der Waals surface area contributed by atoms with Gasteiger partial charge in [-0.2, -0.15) is 0 Å². The lowest BCUT2D eigenvalue weighted by molar-refractivity contribution is -0.140. The van der Waals surface area contributed by atoms with Crippen molar-refractivity contribution in [2.75, 3.05) is 6.61 Å². The van der Waals surface area contributed by atoms with E-state index in [4.69, 9.17) is 33.4 Å². The van der Waals surface area contributed by atoms with Gasteiger partial charge in [0.15, 0.2) is 6.04 Å². The minimum Gasteiger partial charge on any atom is -0.480 e. The van der Waals surface area contributed by atoms with Gasteiger partial charge >= 0.3 is 5.97 Å². The number of hydrogen-bond acceptors (Lipinski definition) is 3. The number of carboxylic acids is 1. The monoisotopic (exact) mass is 280 g/mol. The summed E-state index contributed by atoms with van der Waals surface area (Å²) in [6, 6.07) is -0.0508. The van der Waals surface area contributed by atoms with Gasteiger partial charge in [0, 0.05) is 7.05 Å². The zero-order valence-corrected chi connectivity index (χ0v) is 10.3. The zero-order chi connectivity index (χ0) is 13.2. The van der Waals surface area contributed by atoms with Crippen molar-refractivity contribution in [2.45, 2.75) is 6.04 Å². The molecule has 0 spiro atoms. The molecule has 0 saturated carbocycles. The van der Waals surface area contributed by atoms with Crippen molar-refractivity contribution in [3.8, 4) is 0 Å². The summed E-state index contributed by atoms with van der Waals surface area (Å²) in [5.41, 5.74) is 0.111. The van der Waals surface area contributed by atoms with Gasteiger partial charge in [-0.3, -0.25) is 4.79 Å². The fourth-order valence-corrected chi connectivity index (χ4v) is 1.55. The molecular formula is C9H10Cl2N2O4. The highest BCUT2D eigenvalue weighted by molar-refractivity contribution is 6.41. The predicted octanol–water partition coefficient (Wildman–Crippen LogP) is 0.507. The van der Waals surface area contributed by atoms with Crippen molar-refractivity contribution in [3.63, 3.8) is 0 Å². The van der Waals surface area contributed by atoms with E-state index < -0.39 is 24.5 Å². The molecule has 1 rings (SSSR count). The van der Waals surface area contributed by atoms with Crippen molar-refractivity contribution >= 4 is 35.1 Å². The summed E-state index contributed by atoms with van der Waals surface area (Å²) >= 11 is 11.5. The van der Waals surface area contributed by atoms with Crippen LogP contribution in [0.1, 0.15) is 10.5 Å². The quantitative estimate of drug-likeness (QED) is 0.749. The van der Waals surface area contributed by atoms with E-state index >= 15 is 0 Å². The number of hydrogen-bond donors (Lipinski definition) is 3. The summed E-state index contributed by atoms with van der Waals surface area (Å²) in [6.07, 6.45) is 0. The maximum Gasteiger partial charge on any atom is 0.328 e. The van der Waals surface area contributed by atoms with E-state index in [9.17, 15) is 9.59 Å². The van der Waals surface area contributed by atoms with Gasteiger partial charge in [-0.25, -0.2) is 4.79 Å². The van der Waals surface area contributed by atoms with Crippen LogP contribution >= 0.6 is 23.2 Å². The maximum atomic E-state index is 11.7. The first-order chi connectivity index (χ1) is 7.88. The molecule has 0 bridgehead atoms. The Morgan fingerprint density at radius 1 is 1.53 bits per heavy atom. The third-order valence-electron chi connectivity index (χ3n) is 2.13. The Labute approximate surface area is 107 Å². The molecule has 1 amide bonds. The standard InChI is InChI=1S/C9H10Cl2N2O4/c1-13-6(2-4(10)7(13)11)8(15)12-5(3-14)9(16)17/h2,5,14H,3H2,1H3,(H,12,15)(H,16,17)/t5-/m1/s1. The van der Waals surface area contributed by atoms with Crippen molar-refractivity contribution < 1.29 is 19.8 Å². The molecule has 1 aromatic rings. The molecule has 0 aliphatic heterocycles. The number of nitrogens with one attached hydrogen (secondary N) is 1. The molecule has 3 N–H and O–H groups in total. The van der Waals surface area contributed by atoms with Gasteiger partial charge in [0.05, 0.1) is 11.6 Å². The van der Waals surface area contributed by atoms with Crippen LogP contribution in [0.15, 0.2) is 6.07 Å². The molecule has 1 aromatic heterocycles. The molecule has 8 heteroatoms. The maximum absolute atomic E-state index is 11.7. The highest BCUT2D eigenvalue weighted by atomic mass is 35.5. The lowest BCUT2D eigenvalue weighted by atomic mass is 10.3. The first kappa shape index (κ1) is 13.8. The van der Waals surface area contributed by atoms with Crippen LogP contribution in [0.5, 0.6) is 0 Å². The molecule has 6 nitrogen and oxygen atoms in total. The number of aliphatic hydroxyl groups is 1. The number of carbonyl (C=O) groups is 2. The summed E-state index contributed by atoms with van der Waals surface area (Å²) in [7, 11) is 1.51. The molecule has 17 heavy (non-hydrogen) atoms. The molecule has 0 unspecified atom stereocenters. The molecule has 0 saturated heterocycles. The number of carboxylic acid groups (broad SMARTS) is 1. The second-order valence-electron chi connectivity index (χ2n) is 3.27. The summed E-state index contributed by atoms with van der Waals surface area (Å²) < 4.78 is 1.31. The van der Waals surface area contributed by atoms with Crippen molar-refractivity contribution in [1.29, 1.82) is 0 Å². The molecule has 0 aliphatic carbocycles. The number of carbonyl (C=O) groups excluding carboxylic acids is 1. The molecule has 0 radical (unpaired) electrons. The second kappa shape index (κ2) is 5.39. The average Bonchev–Trinajstić information content (AvgIpc) is 2.53. The topological polar surface area (TPSA) is 91.6 Å². The van der Waals surface area contributed by atoms with E-state index in [2.05, 4.69) is 5.32 Å². The second-order valence-corrected chi connectivity index (χ2v) is 4.04. The van der Waals surface area contributed by atoms with Gasteiger partial charge in [-0.1, -0.05) is 23.2 Å². The third-order valence-corrected chi connectivity index (χ3v) is 2.98. The Morgan fingerprint density at radius 2 is 2.12 bits per heavy atom. The van der Waals surface area contributed by atoms with E-state index in [1.165, 1.54) is 17.7 Å². The van der Waals surface area contributed by atoms with Crippen LogP contribution < -0.4 is 5.32 Å². The van der Waals surface area contributed by atoms with Crippen LogP contribution in [0.2, 0.25) is 10.2 Å². The Hall–Kier alpha value is -1.24. The number of rotatable bonds is 4. The average molecular weight is 281 g/mol. The lowest BCUT2D eigenvalue weighted by Crippen LogP contribution is -2.43. The van der Waals surface area contributed by atoms with Gasteiger partial charge in [0.2, 0.25) is 0 Å². The molecule has 0 aromatic carbocycles. The highest BCUT2D eigenvalue weighted by Gasteiger charge is 2.22. The van der Waals surface area contributed by atoms with Crippen LogP contribution in [0.4, 0.5) is 0 Å². The first-order valence-electron chi connectivity index (χ1n) is 4.53. The molecule has 1 heterocycles. The van der Waals surface area contributed by atoms with Crippen LogP contribution in [0.3, 0.4) is 0 Å². The number of nitrogens with zero attached hydrogens (tertiary/aromatic N) is 1. The molecule has 0 aliphatic rings. The summed E-state index contributed by atoms with van der Waals surface area (Å²) in [5, 5.41) is 19.9. The van der Waals surface area contributed by atoms with Gasteiger partial charge < -0.3 is 20.1 Å². The molecule has 94 valence electrons. The molecular weight excluding hydrogens is 271 g/mol. The number of aromatic nitrogens is 1. The largest absolute Gasteiger partial charge is 0.480 e. The summed E-state index contributed by atoms with van der Waals surface area (Å²) in [6.45, 7) is -0.701. The number of halogens is 2. The normalized spacial score (nSPS) is 12.2. The van der Waals surface area contributed by atoms with Gasteiger partial charge in [-0.15, -0.1) is 0 Å². The number of aliphatic carboxylic acids is 1. The van der Waals surface area contributed by atoms with Crippen LogP contribution in [-0.2, 0) is 11.8 Å². The summed E-state index contributed by atoms with van der Waals surface area (Å²) in [5.74, 6) is -2.00. The van der Waals surface area contributed by atoms with Crippen LogP contribution in [0.25, 0.3) is 0 Å². The van der Waals surface area contributed by atoms with Gasteiger partial charge in [0.1, 0.15) is 10.8 Å². The minimum atomic E-state index is -1.37. The Bertz CT molecular complexity index is 458. The lowest BCUT2D eigenvalue weighted by Gasteiger charge is -2.11. The third kappa shape index (κ3) is 2.91. The molecule has 1 atom stereocenters. The minimum absolute atomic E-state index is 0.111. The molecule has 0 fully saturated rings. The van der Waals surface area contributed by atoms with Crippen molar-refractivity contribution in [1.82, 2.24) is 9.88 Å². The predicted molar refractivity (Wildman–Crippen MR) is 61.4 cm³/mol. The number of amides is 1. The summed E-state index contributed by atoms with van der Waals surface area (Å²) in [4.78, 5) is 22.3. The van der Waals surface area contributed by atoms with E-state index in [1.807, 2.05) is 0 Å². The van der Waals surface area contributed by atoms with Crippen molar-refractivity contribution in [2.24, 2.45) is 7.05 Å². The SMILES string of the molecule is Cn1c(C(=O)N[C@H](CO)C(=O)O)cc(Cl)c1Cl. The van der Waals surface area contributed by atoms with E-state index in [0.29, 0.717) is 0 Å². The van der Waals surface area contributed by atoms with E-state index in [1.54, 1.807) is 0 Å². The van der Waals surface area contributed by atoms with E-state index in [-0.39, 0.29) is 15.9 Å². The van der Waals surface area contributed by atoms with Gasteiger partial charge in [-0.05, 0) is 6.07 Å². The van der Waals surface area contributed by atoms with Crippen molar-refractivity contribution in [3.05, 3.63) is 21.9 Å². The smallest absolute Gasteiger partial charge is 0.328 e. The number of aliphatic hydroxyl groups excluding tert-OH is 1. The van der Waals surface area contributed by atoms with Crippen LogP contribution in [0, 0.1) is 0 Å². The zero-order valence-electron chi connectivity index (χ0n) is 8.78. The van der Waals surface area contributed by atoms with E-state index in [0.717, 1.165) is 0 Å². The highest BCUT2D eigenvalue weighted by Crippen LogP contribution is 2.24. The Kier molecular flexibility index (Phi) is 4.39. The van der Waals surface area contributed by atoms with Gasteiger partial charge in [0.25, 0.3) is 5.91 Å². The Morgan fingerprint density at radius 3 is 2.47 bits per heavy atom. The fraction of sp³-hybridized carbons (Fsp3) is 0.333.